The van der Waals surface area contributed by atoms with Crippen LogP contribution in [0.4, 0.5) is 0 Å². The highest BCUT2D eigenvalue weighted by molar-refractivity contribution is 9.10. The Balaban J connectivity index is 1.66. The number of hydrogen-bond acceptors (Lipinski definition) is 4. The Bertz CT molecular complexity index is 848. The zero-order valence-electron chi connectivity index (χ0n) is 14.4. The van der Waals surface area contributed by atoms with Crippen molar-refractivity contribution in [1.29, 1.82) is 0 Å². The van der Waals surface area contributed by atoms with Gasteiger partial charge in [0.1, 0.15) is 5.75 Å². The molecule has 1 atom stereocenters. The summed E-state index contributed by atoms with van der Waals surface area (Å²) in [5.74, 6) is 2.52. The Morgan fingerprint density at radius 1 is 1.16 bits per heavy atom. The van der Waals surface area contributed by atoms with Gasteiger partial charge in [-0.1, -0.05) is 52.0 Å². The minimum absolute atomic E-state index is 0.165. The van der Waals surface area contributed by atoms with Crippen LogP contribution < -0.4 is 4.74 Å². The quantitative estimate of drug-likeness (QED) is 0.508. The predicted molar refractivity (Wildman–Crippen MR) is 105 cm³/mol. The van der Waals surface area contributed by atoms with Crippen LogP contribution in [0, 0.1) is 6.92 Å². The summed E-state index contributed by atoms with van der Waals surface area (Å²) >= 11 is 5.13. The van der Waals surface area contributed by atoms with E-state index in [1.165, 1.54) is 11.1 Å². The van der Waals surface area contributed by atoms with Gasteiger partial charge in [-0.15, -0.1) is 10.2 Å². The first-order valence-corrected chi connectivity index (χ1v) is 9.80. The van der Waals surface area contributed by atoms with E-state index < -0.39 is 0 Å². The fourth-order valence-corrected chi connectivity index (χ4v) is 3.62. The Labute approximate surface area is 160 Å². The lowest BCUT2D eigenvalue weighted by atomic mass is 10.2. The van der Waals surface area contributed by atoms with Gasteiger partial charge in [0, 0.05) is 17.3 Å². The van der Waals surface area contributed by atoms with Crippen LogP contribution in [-0.4, -0.2) is 14.8 Å². The van der Waals surface area contributed by atoms with Gasteiger partial charge in [-0.2, -0.15) is 0 Å². The molecule has 1 aromatic heterocycles. The molecule has 0 N–H and O–H groups in total. The summed E-state index contributed by atoms with van der Waals surface area (Å²) in [6, 6.07) is 16.4. The van der Waals surface area contributed by atoms with Crippen molar-refractivity contribution >= 4 is 27.7 Å². The van der Waals surface area contributed by atoms with Crippen LogP contribution in [0.3, 0.4) is 0 Å². The average Bonchev–Trinajstić information content (AvgIpc) is 2.95. The Morgan fingerprint density at radius 3 is 2.64 bits per heavy atom. The van der Waals surface area contributed by atoms with Crippen molar-refractivity contribution in [2.45, 2.75) is 30.9 Å². The molecule has 0 spiro atoms. The standard InChI is InChI=1S/C19H20BrN3OS/c1-13-5-4-6-17(11-13)24-14(2)18-21-22-19(23(18)3)25-12-15-7-9-16(20)10-8-15/h4-11,14H,12H2,1-3H3. The molecular formula is C19H20BrN3OS. The smallest absolute Gasteiger partial charge is 0.191 e. The van der Waals surface area contributed by atoms with E-state index in [2.05, 4.69) is 63.4 Å². The number of hydrogen-bond donors (Lipinski definition) is 0. The number of benzene rings is 2. The van der Waals surface area contributed by atoms with Crippen LogP contribution in [-0.2, 0) is 12.8 Å². The maximum atomic E-state index is 6.01. The van der Waals surface area contributed by atoms with E-state index in [1.807, 2.05) is 36.7 Å². The van der Waals surface area contributed by atoms with Crippen molar-refractivity contribution in [2.24, 2.45) is 7.05 Å². The molecule has 0 saturated carbocycles. The molecule has 25 heavy (non-hydrogen) atoms. The Hall–Kier alpha value is -1.79. The number of aromatic nitrogens is 3. The van der Waals surface area contributed by atoms with E-state index in [0.29, 0.717) is 0 Å². The molecule has 4 nitrogen and oxygen atoms in total. The number of thioether (sulfide) groups is 1. The second-order valence-corrected chi connectivity index (χ2v) is 7.75. The first-order valence-electron chi connectivity index (χ1n) is 8.03. The molecule has 0 aliphatic rings. The third kappa shape index (κ3) is 4.64. The summed E-state index contributed by atoms with van der Waals surface area (Å²) in [6.07, 6.45) is -0.165. The summed E-state index contributed by atoms with van der Waals surface area (Å²) in [5.41, 5.74) is 2.43. The molecule has 0 bridgehead atoms. The van der Waals surface area contributed by atoms with Crippen LogP contribution in [0.25, 0.3) is 0 Å². The van der Waals surface area contributed by atoms with Gasteiger partial charge >= 0.3 is 0 Å². The summed E-state index contributed by atoms with van der Waals surface area (Å²) in [5, 5.41) is 9.52. The molecule has 1 unspecified atom stereocenters. The fourth-order valence-electron chi connectivity index (χ4n) is 2.48. The second-order valence-electron chi connectivity index (χ2n) is 5.89. The number of ether oxygens (including phenoxy) is 1. The third-order valence-corrected chi connectivity index (χ3v) is 5.44. The third-order valence-electron chi connectivity index (χ3n) is 3.82. The molecule has 130 valence electrons. The van der Waals surface area contributed by atoms with E-state index in [9.17, 15) is 0 Å². The van der Waals surface area contributed by atoms with Crippen LogP contribution >= 0.6 is 27.7 Å². The zero-order valence-corrected chi connectivity index (χ0v) is 16.8. The molecule has 0 fully saturated rings. The van der Waals surface area contributed by atoms with Crippen LogP contribution in [0.15, 0.2) is 58.2 Å². The van der Waals surface area contributed by atoms with Gasteiger partial charge in [0.25, 0.3) is 0 Å². The lowest BCUT2D eigenvalue weighted by Crippen LogP contribution is -2.10. The summed E-state index contributed by atoms with van der Waals surface area (Å²) < 4.78 is 9.10. The molecule has 0 radical (unpaired) electrons. The molecular weight excluding hydrogens is 398 g/mol. The zero-order chi connectivity index (χ0) is 17.8. The molecule has 0 aliphatic heterocycles. The van der Waals surface area contributed by atoms with Gasteiger partial charge in [-0.25, -0.2) is 0 Å². The van der Waals surface area contributed by atoms with Crippen molar-refractivity contribution in [1.82, 2.24) is 14.8 Å². The van der Waals surface area contributed by atoms with Crippen molar-refractivity contribution in [2.75, 3.05) is 0 Å². The largest absolute Gasteiger partial charge is 0.483 e. The number of rotatable bonds is 6. The SMILES string of the molecule is Cc1cccc(OC(C)c2nnc(SCc3ccc(Br)cc3)n2C)c1. The Kier molecular flexibility index (Phi) is 5.81. The highest BCUT2D eigenvalue weighted by Gasteiger charge is 2.17. The first kappa shape index (κ1) is 18.0. The summed E-state index contributed by atoms with van der Waals surface area (Å²) in [7, 11) is 1.98. The molecule has 0 aliphatic carbocycles. The summed E-state index contributed by atoms with van der Waals surface area (Å²) in [6.45, 7) is 4.05. The molecule has 0 saturated heterocycles. The van der Waals surface area contributed by atoms with Crippen molar-refractivity contribution in [3.8, 4) is 5.75 Å². The maximum Gasteiger partial charge on any atom is 0.191 e. The van der Waals surface area contributed by atoms with Gasteiger partial charge < -0.3 is 9.30 Å². The lowest BCUT2D eigenvalue weighted by molar-refractivity contribution is 0.211. The van der Waals surface area contributed by atoms with Gasteiger partial charge in [-0.3, -0.25) is 0 Å². The molecule has 2 aromatic carbocycles. The van der Waals surface area contributed by atoms with Crippen LogP contribution in [0.2, 0.25) is 0 Å². The summed E-state index contributed by atoms with van der Waals surface area (Å²) in [4.78, 5) is 0. The van der Waals surface area contributed by atoms with E-state index in [1.54, 1.807) is 11.8 Å². The van der Waals surface area contributed by atoms with Gasteiger partial charge in [0.2, 0.25) is 0 Å². The maximum absolute atomic E-state index is 6.01. The number of aryl methyl sites for hydroxylation is 1. The van der Waals surface area contributed by atoms with E-state index >= 15 is 0 Å². The topological polar surface area (TPSA) is 39.9 Å². The highest BCUT2D eigenvalue weighted by Crippen LogP contribution is 2.26. The predicted octanol–water partition coefficient (Wildman–Crippen LogP) is 5.32. The molecule has 6 heteroatoms. The van der Waals surface area contributed by atoms with E-state index in [4.69, 9.17) is 4.74 Å². The van der Waals surface area contributed by atoms with E-state index in [0.717, 1.165) is 27.0 Å². The van der Waals surface area contributed by atoms with Gasteiger partial charge in [-0.05, 0) is 49.2 Å². The average molecular weight is 418 g/mol. The van der Waals surface area contributed by atoms with Crippen molar-refractivity contribution in [3.63, 3.8) is 0 Å². The number of halogens is 1. The van der Waals surface area contributed by atoms with Crippen LogP contribution in [0.1, 0.15) is 30.0 Å². The van der Waals surface area contributed by atoms with E-state index in [-0.39, 0.29) is 6.10 Å². The minimum Gasteiger partial charge on any atom is -0.483 e. The number of nitrogens with zero attached hydrogens (tertiary/aromatic N) is 3. The Morgan fingerprint density at radius 2 is 1.92 bits per heavy atom. The molecule has 0 amide bonds. The normalized spacial score (nSPS) is 12.2. The monoisotopic (exact) mass is 417 g/mol. The van der Waals surface area contributed by atoms with Crippen LogP contribution in [0.5, 0.6) is 5.75 Å². The lowest BCUT2D eigenvalue weighted by Gasteiger charge is -2.14. The second kappa shape index (κ2) is 8.06. The molecule has 3 rings (SSSR count). The highest BCUT2D eigenvalue weighted by atomic mass is 79.9. The molecule has 3 aromatic rings. The van der Waals surface area contributed by atoms with Gasteiger partial charge in [0.05, 0.1) is 0 Å². The molecule has 1 heterocycles. The van der Waals surface area contributed by atoms with Crippen molar-refractivity contribution in [3.05, 3.63) is 70.0 Å². The van der Waals surface area contributed by atoms with Crippen molar-refractivity contribution < 1.29 is 4.74 Å². The fraction of sp³-hybridized carbons (Fsp3) is 0.263. The first-order chi connectivity index (χ1) is 12.0. The van der Waals surface area contributed by atoms with Gasteiger partial charge in [0.15, 0.2) is 17.1 Å². The minimum atomic E-state index is -0.165.